The van der Waals surface area contributed by atoms with Crippen molar-refractivity contribution in [1.29, 1.82) is 0 Å². The van der Waals surface area contributed by atoms with Crippen LogP contribution in [-0.2, 0) is 9.59 Å². The first-order valence-corrected chi connectivity index (χ1v) is 8.40. The first-order valence-electron chi connectivity index (χ1n) is 8.40. The average Bonchev–Trinajstić information content (AvgIpc) is 2.96. The normalized spacial score (nSPS) is 26.2. The van der Waals surface area contributed by atoms with Crippen molar-refractivity contribution in [1.82, 2.24) is 15.1 Å². The summed E-state index contributed by atoms with van der Waals surface area (Å²) in [5, 5.41) is 3.19. The number of hydrogen-bond acceptors (Lipinski definition) is 3. The van der Waals surface area contributed by atoms with Gasteiger partial charge in [-0.2, -0.15) is 0 Å². The Morgan fingerprint density at radius 3 is 2.71 bits per heavy atom. The van der Waals surface area contributed by atoms with Gasteiger partial charge in [0.25, 0.3) is 0 Å². The van der Waals surface area contributed by atoms with E-state index in [1.807, 2.05) is 23.8 Å². The Morgan fingerprint density at radius 1 is 1.19 bits per heavy atom. The van der Waals surface area contributed by atoms with Gasteiger partial charge in [0.1, 0.15) is 6.04 Å². The molecule has 0 radical (unpaired) electrons. The Balaban J connectivity index is 1.97. The van der Waals surface area contributed by atoms with Crippen LogP contribution < -0.4 is 5.32 Å². The number of carbonyl (C=O) groups excluding carboxylic acids is 2. The van der Waals surface area contributed by atoms with Gasteiger partial charge in [-0.3, -0.25) is 9.59 Å². The van der Waals surface area contributed by atoms with E-state index in [2.05, 4.69) is 5.32 Å². The molecule has 21 heavy (non-hydrogen) atoms. The van der Waals surface area contributed by atoms with Crippen LogP contribution in [0.1, 0.15) is 45.4 Å². The molecular weight excluding hydrogens is 266 g/mol. The smallest absolute Gasteiger partial charge is 0.245 e. The third kappa shape index (κ3) is 3.96. The molecule has 5 heteroatoms. The van der Waals surface area contributed by atoms with Gasteiger partial charge in [0.05, 0.1) is 0 Å². The monoisotopic (exact) mass is 295 g/mol. The highest BCUT2D eigenvalue weighted by atomic mass is 16.2. The minimum atomic E-state index is -0.203. The third-order valence-electron chi connectivity index (χ3n) is 4.66. The quantitative estimate of drug-likeness (QED) is 0.830. The summed E-state index contributed by atoms with van der Waals surface area (Å²) in [5.41, 5.74) is 0. The SMILES string of the molecule is CCCC(=O)N1CCCCC1C(=O)N1CCC(CNC)C1. The first kappa shape index (κ1) is 16.3. The summed E-state index contributed by atoms with van der Waals surface area (Å²) in [5.74, 6) is 0.890. The molecule has 120 valence electrons. The maximum absolute atomic E-state index is 12.8. The van der Waals surface area contributed by atoms with Gasteiger partial charge in [0.2, 0.25) is 11.8 Å². The van der Waals surface area contributed by atoms with Crippen LogP contribution in [0, 0.1) is 5.92 Å². The minimum Gasteiger partial charge on any atom is -0.341 e. The van der Waals surface area contributed by atoms with Crippen molar-refractivity contribution in [3.63, 3.8) is 0 Å². The maximum Gasteiger partial charge on any atom is 0.245 e. The molecule has 2 unspecified atom stereocenters. The van der Waals surface area contributed by atoms with Crippen molar-refractivity contribution in [3.05, 3.63) is 0 Å². The van der Waals surface area contributed by atoms with Gasteiger partial charge >= 0.3 is 0 Å². The van der Waals surface area contributed by atoms with E-state index in [9.17, 15) is 9.59 Å². The summed E-state index contributed by atoms with van der Waals surface area (Å²) >= 11 is 0. The van der Waals surface area contributed by atoms with E-state index in [0.29, 0.717) is 12.3 Å². The summed E-state index contributed by atoms with van der Waals surface area (Å²) < 4.78 is 0. The highest BCUT2D eigenvalue weighted by molar-refractivity contribution is 5.88. The highest BCUT2D eigenvalue weighted by Gasteiger charge is 2.36. The number of hydrogen-bond donors (Lipinski definition) is 1. The van der Waals surface area contributed by atoms with Gasteiger partial charge < -0.3 is 15.1 Å². The van der Waals surface area contributed by atoms with Crippen LogP contribution in [0.2, 0.25) is 0 Å². The van der Waals surface area contributed by atoms with E-state index >= 15 is 0 Å². The molecule has 0 aliphatic carbocycles. The molecule has 0 spiro atoms. The lowest BCUT2D eigenvalue weighted by molar-refractivity contribution is -0.147. The summed E-state index contributed by atoms with van der Waals surface area (Å²) in [6.45, 7) is 5.42. The average molecular weight is 295 g/mol. The lowest BCUT2D eigenvalue weighted by atomic mass is 10.00. The lowest BCUT2D eigenvalue weighted by Gasteiger charge is -2.37. The fourth-order valence-electron chi connectivity index (χ4n) is 3.54. The van der Waals surface area contributed by atoms with Crippen LogP contribution in [0.4, 0.5) is 0 Å². The Labute approximate surface area is 128 Å². The summed E-state index contributed by atoms with van der Waals surface area (Å²) in [4.78, 5) is 28.8. The molecule has 2 fully saturated rings. The van der Waals surface area contributed by atoms with Gasteiger partial charge in [0.15, 0.2) is 0 Å². The highest BCUT2D eigenvalue weighted by Crippen LogP contribution is 2.23. The van der Waals surface area contributed by atoms with Crippen LogP contribution in [0.5, 0.6) is 0 Å². The number of nitrogens with one attached hydrogen (secondary N) is 1. The third-order valence-corrected chi connectivity index (χ3v) is 4.66. The number of nitrogens with zero attached hydrogens (tertiary/aromatic N) is 2. The van der Waals surface area contributed by atoms with Crippen molar-refractivity contribution in [2.75, 3.05) is 33.2 Å². The largest absolute Gasteiger partial charge is 0.341 e. The molecule has 5 nitrogen and oxygen atoms in total. The second-order valence-electron chi connectivity index (χ2n) is 6.35. The van der Waals surface area contributed by atoms with Crippen molar-refractivity contribution >= 4 is 11.8 Å². The number of rotatable bonds is 5. The summed E-state index contributed by atoms with van der Waals surface area (Å²) in [7, 11) is 1.96. The van der Waals surface area contributed by atoms with E-state index in [1.54, 1.807) is 0 Å². The Morgan fingerprint density at radius 2 is 2.00 bits per heavy atom. The van der Waals surface area contributed by atoms with E-state index in [4.69, 9.17) is 0 Å². The molecule has 2 aliphatic heterocycles. The van der Waals surface area contributed by atoms with E-state index in [0.717, 1.165) is 58.3 Å². The molecule has 0 aromatic heterocycles. The van der Waals surface area contributed by atoms with Crippen LogP contribution in [0.3, 0.4) is 0 Å². The molecule has 2 saturated heterocycles. The molecule has 0 saturated carbocycles. The molecule has 0 aromatic carbocycles. The molecule has 0 bridgehead atoms. The van der Waals surface area contributed by atoms with Gasteiger partial charge in [-0.15, -0.1) is 0 Å². The lowest BCUT2D eigenvalue weighted by Crippen LogP contribution is -2.52. The molecule has 0 aromatic rings. The summed E-state index contributed by atoms with van der Waals surface area (Å²) in [6, 6.07) is -0.203. The molecule has 2 rings (SSSR count). The maximum atomic E-state index is 12.8. The number of amides is 2. The molecule has 2 atom stereocenters. The topological polar surface area (TPSA) is 52.7 Å². The number of likely N-dealkylation sites (tertiary alicyclic amines) is 2. The second kappa shape index (κ2) is 7.78. The summed E-state index contributed by atoms with van der Waals surface area (Å²) in [6.07, 6.45) is 5.40. The number of carbonyl (C=O) groups is 2. The van der Waals surface area contributed by atoms with Crippen LogP contribution in [0.15, 0.2) is 0 Å². The predicted octanol–water partition coefficient (Wildman–Crippen LogP) is 1.24. The van der Waals surface area contributed by atoms with Gasteiger partial charge in [0, 0.05) is 26.1 Å². The predicted molar refractivity (Wildman–Crippen MR) is 82.9 cm³/mol. The van der Waals surface area contributed by atoms with E-state index < -0.39 is 0 Å². The molecule has 1 N–H and O–H groups in total. The van der Waals surface area contributed by atoms with Crippen LogP contribution in [0.25, 0.3) is 0 Å². The first-order chi connectivity index (χ1) is 10.2. The minimum absolute atomic E-state index is 0.154. The zero-order chi connectivity index (χ0) is 15.2. The Kier molecular flexibility index (Phi) is 6.03. The van der Waals surface area contributed by atoms with Crippen LogP contribution in [-0.4, -0.2) is 60.9 Å². The Hall–Kier alpha value is -1.10. The fourth-order valence-corrected chi connectivity index (χ4v) is 3.54. The van der Waals surface area contributed by atoms with Gasteiger partial charge in [-0.1, -0.05) is 6.92 Å². The standard InChI is InChI=1S/C16H29N3O2/c1-3-6-15(20)19-9-5-4-7-14(19)16(21)18-10-8-13(12-18)11-17-2/h13-14,17H,3-12H2,1-2H3. The van der Waals surface area contributed by atoms with Gasteiger partial charge in [-0.05, 0) is 51.6 Å². The van der Waals surface area contributed by atoms with Crippen molar-refractivity contribution < 1.29 is 9.59 Å². The van der Waals surface area contributed by atoms with Gasteiger partial charge in [-0.25, -0.2) is 0 Å². The van der Waals surface area contributed by atoms with E-state index in [1.165, 1.54) is 0 Å². The van der Waals surface area contributed by atoms with Crippen molar-refractivity contribution in [2.45, 2.75) is 51.5 Å². The molecule has 2 amide bonds. The molecule has 2 heterocycles. The molecule has 2 aliphatic rings. The zero-order valence-electron chi connectivity index (χ0n) is 13.4. The zero-order valence-corrected chi connectivity index (χ0v) is 13.4. The second-order valence-corrected chi connectivity index (χ2v) is 6.35. The number of piperidine rings is 1. The molecular formula is C16H29N3O2. The fraction of sp³-hybridized carbons (Fsp3) is 0.875. The van der Waals surface area contributed by atoms with Crippen molar-refractivity contribution in [2.24, 2.45) is 5.92 Å². The Bertz CT molecular complexity index is 373. The van der Waals surface area contributed by atoms with Crippen LogP contribution >= 0.6 is 0 Å². The van der Waals surface area contributed by atoms with Crippen molar-refractivity contribution in [3.8, 4) is 0 Å². The van der Waals surface area contributed by atoms with E-state index in [-0.39, 0.29) is 17.9 Å².